The van der Waals surface area contributed by atoms with Crippen LogP contribution in [0.4, 0.5) is 0 Å². The van der Waals surface area contributed by atoms with Crippen molar-refractivity contribution in [1.82, 2.24) is 0 Å². The summed E-state index contributed by atoms with van der Waals surface area (Å²) in [6, 6.07) is 0. The van der Waals surface area contributed by atoms with Gasteiger partial charge in [0.25, 0.3) is 0 Å². The molecule has 0 aromatic rings. The van der Waals surface area contributed by atoms with E-state index in [-0.39, 0.29) is 0 Å². The van der Waals surface area contributed by atoms with Crippen LogP contribution >= 0.6 is 0 Å². The lowest BCUT2D eigenvalue weighted by Crippen LogP contribution is -2.10. The lowest BCUT2D eigenvalue weighted by molar-refractivity contribution is -0.140. The topological polar surface area (TPSA) is 89.9 Å². The Morgan fingerprint density at radius 3 is 2.12 bits per heavy atom. The highest BCUT2D eigenvalue weighted by atomic mass is 16.5. The third-order valence-corrected chi connectivity index (χ3v) is 1.32. The molecule has 0 radical (unpaired) electrons. The first-order chi connectivity index (χ1) is 7.51. The molecule has 6 nitrogen and oxygen atoms in total. The smallest absolute Gasteiger partial charge is 0.336 e. The molecule has 1 N–H and O–H groups in total. The van der Waals surface area contributed by atoms with Gasteiger partial charge >= 0.3 is 17.9 Å². The third kappa shape index (κ3) is 5.38. The van der Waals surface area contributed by atoms with Gasteiger partial charge in [-0.25, -0.2) is 9.59 Å². The highest BCUT2D eigenvalue weighted by molar-refractivity contribution is 5.98. The SMILES string of the molecule is C=COC(=O)C=C(CC(=O)OC=C)C(=O)O. The number of carbonyl (C=O) groups is 3. The first-order valence-corrected chi connectivity index (χ1v) is 4.07. The van der Waals surface area contributed by atoms with Gasteiger partial charge in [0, 0.05) is 6.08 Å². The Morgan fingerprint density at radius 1 is 1.12 bits per heavy atom. The van der Waals surface area contributed by atoms with Gasteiger partial charge in [-0.1, -0.05) is 13.2 Å². The molecule has 86 valence electrons. The molecule has 0 saturated heterocycles. The summed E-state index contributed by atoms with van der Waals surface area (Å²) >= 11 is 0. The van der Waals surface area contributed by atoms with E-state index in [1.165, 1.54) is 0 Å². The Morgan fingerprint density at radius 2 is 1.69 bits per heavy atom. The van der Waals surface area contributed by atoms with Crippen molar-refractivity contribution in [2.45, 2.75) is 6.42 Å². The van der Waals surface area contributed by atoms with Crippen molar-refractivity contribution >= 4 is 17.9 Å². The predicted octanol–water partition coefficient (Wildman–Crippen LogP) is 0.761. The summed E-state index contributed by atoms with van der Waals surface area (Å²) in [5, 5.41) is 8.67. The fourth-order valence-corrected chi connectivity index (χ4v) is 0.737. The summed E-state index contributed by atoms with van der Waals surface area (Å²) in [4.78, 5) is 32.5. The van der Waals surface area contributed by atoms with Crippen LogP contribution in [0, 0.1) is 0 Å². The number of esters is 2. The van der Waals surface area contributed by atoms with Crippen molar-refractivity contribution in [2.24, 2.45) is 0 Å². The van der Waals surface area contributed by atoms with Gasteiger partial charge in [-0.05, 0) is 0 Å². The Hall–Kier alpha value is -2.37. The lowest BCUT2D eigenvalue weighted by atomic mass is 10.2. The fraction of sp³-hybridized carbons (Fsp3) is 0.100. The maximum absolute atomic E-state index is 10.9. The molecular formula is C10H10O6. The van der Waals surface area contributed by atoms with Crippen LogP contribution < -0.4 is 0 Å². The number of hydrogen-bond donors (Lipinski definition) is 1. The van der Waals surface area contributed by atoms with Crippen LogP contribution in [0.5, 0.6) is 0 Å². The van der Waals surface area contributed by atoms with Crippen molar-refractivity contribution in [3.63, 3.8) is 0 Å². The van der Waals surface area contributed by atoms with Crippen molar-refractivity contribution in [1.29, 1.82) is 0 Å². The quantitative estimate of drug-likeness (QED) is 0.408. The molecule has 0 unspecified atom stereocenters. The molecule has 0 aliphatic rings. The zero-order valence-corrected chi connectivity index (χ0v) is 8.34. The molecule has 0 rings (SSSR count). The van der Waals surface area contributed by atoms with Crippen molar-refractivity contribution in [3.8, 4) is 0 Å². The zero-order chi connectivity index (χ0) is 12.6. The van der Waals surface area contributed by atoms with E-state index in [4.69, 9.17) is 5.11 Å². The average molecular weight is 226 g/mol. The van der Waals surface area contributed by atoms with E-state index in [0.717, 1.165) is 12.5 Å². The Kier molecular flexibility index (Phi) is 5.96. The van der Waals surface area contributed by atoms with E-state index in [1.54, 1.807) is 0 Å². The van der Waals surface area contributed by atoms with E-state index >= 15 is 0 Å². The first kappa shape index (κ1) is 13.6. The second-order valence-corrected chi connectivity index (χ2v) is 2.41. The van der Waals surface area contributed by atoms with Crippen molar-refractivity contribution in [3.05, 3.63) is 37.3 Å². The number of hydrogen-bond acceptors (Lipinski definition) is 5. The number of aliphatic carboxylic acids is 1. The van der Waals surface area contributed by atoms with E-state index in [2.05, 4.69) is 22.6 Å². The van der Waals surface area contributed by atoms with Crippen LogP contribution in [0.2, 0.25) is 0 Å². The van der Waals surface area contributed by atoms with Gasteiger partial charge in [0.15, 0.2) is 0 Å². The molecule has 0 aromatic carbocycles. The number of ether oxygens (including phenoxy) is 2. The van der Waals surface area contributed by atoms with E-state index in [0.29, 0.717) is 6.08 Å². The van der Waals surface area contributed by atoms with Crippen LogP contribution in [-0.2, 0) is 23.9 Å². The molecule has 0 amide bonds. The van der Waals surface area contributed by atoms with Gasteiger partial charge in [0.2, 0.25) is 0 Å². The molecule has 0 spiro atoms. The predicted molar refractivity (Wildman–Crippen MR) is 52.9 cm³/mol. The fourth-order valence-electron chi connectivity index (χ4n) is 0.737. The van der Waals surface area contributed by atoms with E-state index in [9.17, 15) is 14.4 Å². The minimum absolute atomic E-state index is 0.446. The molecule has 0 fully saturated rings. The molecule has 0 bridgehead atoms. The summed E-state index contributed by atoms with van der Waals surface area (Å²) in [6.45, 7) is 6.25. The second kappa shape index (κ2) is 6.99. The van der Waals surface area contributed by atoms with Crippen LogP contribution in [-0.4, -0.2) is 23.0 Å². The largest absolute Gasteiger partial charge is 0.478 e. The number of carboxylic acids is 1. The molecule has 0 aliphatic carbocycles. The highest BCUT2D eigenvalue weighted by Gasteiger charge is 2.15. The Balaban J connectivity index is 4.67. The molecule has 0 aliphatic heterocycles. The lowest BCUT2D eigenvalue weighted by Gasteiger charge is -2.00. The van der Waals surface area contributed by atoms with Crippen LogP contribution in [0.25, 0.3) is 0 Å². The summed E-state index contributed by atoms with van der Waals surface area (Å²) in [6.07, 6.45) is 1.83. The molecule has 16 heavy (non-hydrogen) atoms. The summed E-state index contributed by atoms with van der Waals surface area (Å²) in [7, 11) is 0. The average Bonchev–Trinajstić information content (AvgIpc) is 2.17. The summed E-state index contributed by atoms with van der Waals surface area (Å²) < 4.78 is 8.59. The van der Waals surface area contributed by atoms with Gasteiger partial charge in [-0.15, -0.1) is 0 Å². The monoisotopic (exact) mass is 226 g/mol. The number of carbonyl (C=O) groups excluding carboxylic acids is 2. The molecule has 0 saturated carbocycles. The highest BCUT2D eigenvalue weighted by Crippen LogP contribution is 2.04. The number of carboxylic acid groups (broad SMARTS) is 1. The Labute approximate surface area is 91.5 Å². The van der Waals surface area contributed by atoms with Crippen LogP contribution in [0.1, 0.15) is 6.42 Å². The summed E-state index contributed by atoms with van der Waals surface area (Å²) in [5.41, 5.74) is -0.446. The van der Waals surface area contributed by atoms with Gasteiger partial charge in [-0.2, -0.15) is 0 Å². The minimum atomic E-state index is -1.41. The van der Waals surface area contributed by atoms with Crippen LogP contribution in [0.15, 0.2) is 37.3 Å². The van der Waals surface area contributed by atoms with Crippen LogP contribution in [0.3, 0.4) is 0 Å². The zero-order valence-electron chi connectivity index (χ0n) is 8.34. The second-order valence-electron chi connectivity index (χ2n) is 2.41. The molecule has 0 aromatic heterocycles. The molecular weight excluding hydrogens is 216 g/mol. The number of rotatable bonds is 6. The normalized spacial score (nSPS) is 10.1. The van der Waals surface area contributed by atoms with E-state index in [1.807, 2.05) is 0 Å². The maximum Gasteiger partial charge on any atom is 0.336 e. The van der Waals surface area contributed by atoms with Gasteiger partial charge < -0.3 is 14.6 Å². The standard InChI is InChI=1S/C10H10O6/c1-3-15-8(11)5-7(10(13)14)6-9(12)16-4-2/h3-5H,1-2,6H2,(H,13,14). The minimum Gasteiger partial charge on any atom is -0.478 e. The molecule has 0 atom stereocenters. The first-order valence-electron chi connectivity index (χ1n) is 4.07. The van der Waals surface area contributed by atoms with Crippen molar-refractivity contribution < 1.29 is 29.0 Å². The molecule has 6 heteroatoms. The third-order valence-electron chi connectivity index (χ3n) is 1.32. The Bertz CT molecular complexity index is 352. The van der Waals surface area contributed by atoms with E-state index < -0.39 is 29.9 Å². The maximum atomic E-state index is 10.9. The van der Waals surface area contributed by atoms with Gasteiger partial charge in [0.1, 0.15) is 0 Å². The van der Waals surface area contributed by atoms with Gasteiger partial charge in [-0.3, -0.25) is 4.79 Å². The summed E-state index contributed by atoms with van der Waals surface area (Å²) in [5.74, 6) is -3.18. The van der Waals surface area contributed by atoms with Gasteiger partial charge in [0.05, 0.1) is 24.5 Å². The van der Waals surface area contributed by atoms with Crippen molar-refractivity contribution in [2.75, 3.05) is 0 Å². The molecule has 0 heterocycles.